The molecule has 26 heavy (non-hydrogen) atoms. The molecule has 0 saturated heterocycles. The first-order valence-electron chi connectivity index (χ1n) is 7.65. The smallest absolute Gasteiger partial charge is 0.290 e. The second-order valence-electron chi connectivity index (χ2n) is 4.93. The Bertz CT molecular complexity index is 313. The molecule has 4 aliphatic carbocycles. The number of carbonyl (C=O) groups excluding carboxylic acids is 2. The predicted molar refractivity (Wildman–Crippen MR) is 93.9 cm³/mol. The first-order valence-corrected chi connectivity index (χ1v) is 7.65. The summed E-state index contributed by atoms with van der Waals surface area (Å²) in [5.74, 6) is 0.0230. The Hall–Kier alpha value is 0.587. The topological polar surface area (TPSA) is 34.1 Å². The normalized spacial score (nSPS) is 22.3. The predicted octanol–water partition coefficient (Wildman–Crippen LogP) is 2.97. The quantitative estimate of drug-likeness (QED) is 0.427. The van der Waals surface area contributed by atoms with E-state index < -0.39 is 11.6 Å². The van der Waals surface area contributed by atoms with E-state index in [1.54, 1.807) is 51.4 Å². The van der Waals surface area contributed by atoms with Crippen LogP contribution in [-0.4, -0.2) is 11.6 Å². The number of Topliss-reactive ketones (excluding diaryl/α,β-unsaturated/α-hetero) is 2. The fourth-order valence-electron chi connectivity index (χ4n) is 1.95. The van der Waals surface area contributed by atoms with Gasteiger partial charge in [-0.15, -0.1) is 0 Å². The van der Waals surface area contributed by atoms with Gasteiger partial charge in [0.05, 0.1) is 11.8 Å². The third kappa shape index (κ3) is 10.2. The van der Waals surface area contributed by atoms with E-state index in [0.29, 0.717) is 11.8 Å². The zero-order chi connectivity index (χ0) is 17.0. The van der Waals surface area contributed by atoms with Gasteiger partial charge < -0.3 is 0 Å². The molecule has 0 aliphatic heterocycles. The molecule has 0 aromatic carbocycles. The summed E-state index contributed by atoms with van der Waals surface area (Å²) in [5, 5.41) is 0. The standard InChI is InChI=1S/C12H8O2.2C5H5.2Ru/c13-11(9-5-1-2-6-9)12(14)10-7-3-4-8-10;2*1-2-4-5-3-1;;/h1-8H;2*1-5H;;/q;;;2*+2. The molecule has 4 heteroatoms. The van der Waals surface area contributed by atoms with E-state index in [1.165, 1.54) is 0 Å². The number of carbonyl (C=O) groups is 2. The van der Waals surface area contributed by atoms with Gasteiger partial charge in [-0.1, -0.05) is 0 Å². The Balaban J connectivity index is 0.000000432. The molecule has 4 saturated carbocycles. The van der Waals surface area contributed by atoms with Crippen molar-refractivity contribution in [1.82, 2.24) is 0 Å². The Kier molecular flexibility index (Phi) is 16.9. The van der Waals surface area contributed by atoms with E-state index in [4.69, 9.17) is 0 Å². The molecule has 0 spiro atoms. The Morgan fingerprint density at radius 2 is 0.577 bits per heavy atom. The second-order valence-corrected chi connectivity index (χ2v) is 4.93. The summed E-state index contributed by atoms with van der Waals surface area (Å²) < 4.78 is 0. The summed E-state index contributed by atoms with van der Waals surface area (Å²) in [7, 11) is 0. The molecule has 0 unspecified atom stereocenters. The SMILES string of the molecule is O=C([C]1[CH][CH][CH][CH]1)C(=O)[C]1[CH][CH][CH][CH]1.[CH]1[CH][CH][CH][CH]1.[CH]1[CH][CH][CH][CH]1.[Ru+2].[Ru+2]. The molecule has 0 heterocycles. The minimum Gasteiger partial charge on any atom is -0.290 e. The number of ketones is 2. The third-order valence-electron chi connectivity index (χ3n) is 3.17. The van der Waals surface area contributed by atoms with Crippen LogP contribution >= 0.6 is 0 Å². The van der Waals surface area contributed by atoms with Crippen LogP contribution in [-0.2, 0) is 48.5 Å². The van der Waals surface area contributed by atoms with E-state index in [-0.39, 0.29) is 39.0 Å². The van der Waals surface area contributed by atoms with Crippen LogP contribution in [0.3, 0.4) is 0 Å². The van der Waals surface area contributed by atoms with Crippen LogP contribution in [0.4, 0.5) is 0 Å². The van der Waals surface area contributed by atoms with E-state index in [2.05, 4.69) is 0 Å². The van der Waals surface area contributed by atoms with Gasteiger partial charge in [0.25, 0.3) is 0 Å². The maximum absolute atomic E-state index is 11.6. The first kappa shape index (κ1) is 26.6. The minimum absolute atomic E-state index is 0. The summed E-state index contributed by atoms with van der Waals surface area (Å²) in [5.41, 5.74) is 0. The van der Waals surface area contributed by atoms with Crippen molar-refractivity contribution < 1.29 is 48.5 Å². The van der Waals surface area contributed by atoms with E-state index in [1.807, 2.05) is 64.2 Å². The average Bonchev–Trinajstić information content (AvgIpc) is 3.41. The maximum atomic E-state index is 11.6. The van der Waals surface area contributed by atoms with Crippen molar-refractivity contribution in [2.24, 2.45) is 0 Å². The van der Waals surface area contributed by atoms with Crippen LogP contribution < -0.4 is 0 Å². The number of hydrogen-bond donors (Lipinski definition) is 0. The van der Waals surface area contributed by atoms with Crippen LogP contribution in [0.15, 0.2) is 0 Å². The summed E-state index contributed by atoms with van der Waals surface area (Å²) in [6, 6.07) is 0. The molecule has 0 aromatic heterocycles. The van der Waals surface area contributed by atoms with Gasteiger partial charge in [0.2, 0.25) is 11.6 Å². The van der Waals surface area contributed by atoms with E-state index >= 15 is 0 Å². The van der Waals surface area contributed by atoms with Crippen molar-refractivity contribution in [2.75, 3.05) is 0 Å². The molecule has 4 fully saturated rings. The Morgan fingerprint density at radius 3 is 0.769 bits per heavy atom. The van der Waals surface area contributed by atoms with E-state index in [0.717, 1.165) is 0 Å². The molecule has 4 rings (SSSR count). The van der Waals surface area contributed by atoms with Gasteiger partial charge in [0, 0.05) is 0 Å². The van der Waals surface area contributed by atoms with Gasteiger partial charge in [-0.2, -0.15) is 0 Å². The average molecular weight is 517 g/mol. The number of hydrogen-bond acceptors (Lipinski definition) is 2. The second kappa shape index (κ2) is 16.5. The van der Waals surface area contributed by atoms with Gasteiger partial charge in [-0.25, -0.2) is 0 Å². The van der Waals surface area contributed by atoms with Crippen LogP contribution in [0, 0.1) is 127 Å². The summed E-state index contributed by atoms with van der Waals surface area (Å²) >= 11 is 0. The molecule has 0 N–H and O–H groups in total. The number of rotatable bonds is 3. The van der Waals surface area contributed by atoms with Crippen LogP contribution in [0.2, 0.25) is 0 Å². The van der Waals surface area contributed by atoms with Gasteiger partial charge in [-0.05, 0) is 116 Å². The first-order chi connectivity index (χ1) is 11.8. The monoisotopic (exact) mass is 518 g/mol. The molecular weight excluding hydrogens is 498 g/mol. The molecule has 0 amide bonds. The van der Waals surface area contributed by atoms with Crippen molar-refractivity contribution in [3.8, 4) is 0 Å². The summed E-state index contributed by atoms with van der Waals surface area (Å²) in [6.45, 7) is 0. The largest absolute Gasteiger partial charge is 2.00 e. The zero-order valence-corrected chi connectivity index (χ0v) is 17.4. The minimum atomic E-state index is -0.443. The van der Waals surface area contributed by atoms with Gasteiger partial charge >= 0.3 is 39.0 Å². The molecule has 20 radical (unpaired) electrons. The molecule has 0 bridgehead atoms. The van der Waals surface area contributed by atoms with Crippen LogP contribution in [0.5, 0.6) is 0 Å². The maximum Gasteiger partial charge on any atom is 2.00 e. The van der Waals surface area contributed by atoms with Gasteiger partial charge in [0.1, 0.15) is 0 Å². The fourth-order valence-corrected chi connectivity index (χ4v) is 1.95. The molecule has 0 aromatic rings. The summed E-state index contributed by atoms with van der Waals surface area (Å²) in [6.07, 6.45) is 33.5. The van der Waals surface area contributed by atoms with Crippen molar-refractivity contribution in [2.45, 2.75) is 0 Å². The van der Waals surface area contributed by atoms with Crippen molar-refractivity contribution in [1.29, 1.82) is 0 Å². The Labute approximate surface area is 186 Å². The van der Waals surface area contributed by atoms with Gasteiger partial charge in [-0.3, -0.25) is 9.59 Å². The fraction of sp³-hybridized carbons (Fsp3) is 0. The van der Waals surface area contributed by atoms with Crippen molar-refractivity contribution in [3.63, 3.8) is 0 Å². The van der Waals surface area contributed by atoms with Crippen molar-refractivity contribution >= 4 is 11.6 Å². The molecule has 0 atom stereocenters. The Morgan fingerprint density at radius 1 is 0.385 bits per heavy atom. The molecule has 2 nitrogen and oxygen atoms in total. The van der Waals surface area contributed by atoms with E-state index in [9.17, 15) is 9.59 Å². The van der Waals surface area contributed by atoms with Gasteiger partial charge in [0.15, 0.2) is 0 Å². The molecular formula is C22H18O2Ru2+4. The zero-order valence-electron chi connectivity index (χ0n) is 13.9. The van der Waals surface area contributed by atoms with Crippen LogP contribution in [0.25, 0.3) is 0 Å². The third-order valence-corrected chi connectivity index (χ3v) is 3.17. The molecule has 4 aliphatic rings. The van der Waals surface area contributed by atoms with Crippen molar-refractivity contribution in [3.05, 3.63) is 127 Å². The summed E-state index contributed by atoms with van der Waals surface area (Å²) in [4.78, 5) is 23.1. The molecule has 130 valence electrons. The van der Waals surface area contributed by atoms with Crippen LogP contribution in [0.1, 0.15) is 0 Å².